The van der Waals surface area contributed by atoms with Crippen molar-refractivity contribution in [2.24, 2.45) is 0 Å². The molecule has 1 aromatic heterocycles. The molecule has 5 heteroatoms. The molecule has 0 aliphatic carbocycles. The largest absolute Gasteiger partial charge is 0.358 e. The summed E-state index contributed by atoms with van der Waals surface area (Å²) in [5.74, 6) is -0.318. The third kappa shape index (κ3) is 5.14. The number of anilines is 1. The van der Waals surface area contributed by atoms with Crippen LogP contribution in [0.5, 0.6) is 0 Å². The van der Waals surface area contributed by atoms with E-state index >= 15 is 0 Å². The molecule has 33 heavy (non-hydrogen) atoms. The number of aromatic nitrogens is 1. The molecule has 0 spiro atoms. The number of likely N-dealkylation sites (N-methyl/N-ethyl adjacent to an activating group) is 1. The third-order valence-electron chi connectivity index (χ3n) is 6.03. The zero-order chi connectivity index (χ0) is 23.4. The van der Waals surface area contributed by atoms with Gasteiger partial charge in [0.25, 0.3) is 0 Å². The molecule has 4 aromatic rings. The highest BCUT2D eigenvalue weighted by Gasteiger charge is 2.26. The number of hydrogen-bond acceptors (Lipinski definition) is 2. The first kappa shape index (κ1) is 22.3. The number of rotatable bonds is 7. The second-order valence-corrected chi connectivity index (χ2v) is 8.49. The smallest absolute Gasteiger partial charge is 0.249 e. The summed E-state index contributed by atoms with van der Waals surface area (Å²) in [6, 6.07) is 24.9. The number of hydrogen-bond donors (Lipinski definition) is 2. The van der Waals surface area contributed by atoms with Crippen molar-refractivity contribution in [2.75, 3.05) is 11.9 Å². The van der Waals surface area contributed by atoms with Gasteiger partial charge in [-0.1, -0.05) is 66.2 Å². The number of aryl methyl sites for hydroxylation is 2. The van der Waals surface area contributed by atoms with Gasteiger partial charge in [-0.2, -0.15) is 0 Å². The van der Waals surface area contributed by atoms with Gasteiger partial charge in [0.15, 0.2) is 0 Å². The lowest BCUT2D eigenvalue weighted by atomic mass is 10.0. The van der Waals surface area contributed by atoms with Gasteiger partial charge in [0.2, 0.25) is 11.8 Å². The van der Waals surface area contributed by atoms with E-state index in [1.807, 2.05) is 92.7 Å². The van der Waals surface area contributed by atoms with Gasteiger partial charge in [-0.15, -0.1) is 0 Å². The van der Waals surface area contributed by atoms with Crippen LogP contribution in [0.4, 0.5) is 5.69 Å². The van der Waals surface area contributed by atoms with Gasteiger partial charge < -0.3 is 15.2 Å². The number of amides is 2. The molecule has 0 saturated heterocycles. The van der Waals surface area contributed by atoms with Crippen LogP contribution in [0.3, 0.4) is 0 Å². The number of H-pyrrole nitrogens is 1. The lowest BCUT2D eigenvalue weighted by molar-refractivity contribution is -0.127. The maximum atomic E-state index is 13.5. The van der Waals surface area contributed by atoms with Crippen molar-refractivity contribution in [2.45, 2.75) is 32.7 Å². The van der Waals surface area contributed by atoms with Gasteiger partial charge >= 0.3 is 0 Å². The van der Waals surface area contributed by atoms with Crippen LogP contribution in [-0.2, 0) is 22.4 Å². The zero-order valence-electron chi connectivity index (χ0n) is 19.3. The third-order valence-corrected chi connectivity index (χ3v) is 6.03. The number of nitrogens with one attached hydrogen (secondary N) is 2. The average molecular weight is 440 g/mol. The molecule has 0 radical (unpaired) electrons. The van der Waals surface area contributed by atoms with Gasteiger partial charge in [-0.3, -0.25) is 9.59 Å². The van der Waals surface area contributed by atoms with Crippen molar-refractivity contribution in [1.82, 2.24) is 10.3 Å². The van der Waals surface area contributed by atoms with Crippen LogP contribution >= 0.6 is 0 Å². The molecule has 4 rings (SSSR count). The fraction of sp³-hybridized carbons (Fsp3) is 0.214. The van der Waals surface area contributed by atoms with Crippen molar-refractivity contribution in [3.63, 3.8) is 0 Å². The van der Waals surface area contributed by atoms with Crippen molar-refractivity contribution in [3.05, 3.63) is 101 Å². The zero-order valence-corrected chi connectivity index (χ0v) is 19.3. The molecule has 168 valence electrons. The molecule has 0 saturated carbocycles. The Balaban J connectivity index is 1.56. The first-order valence-electron chi connectivity index (χ1n) is 11.2. The summed E-state index contributed by atoms with van der Waals surface area (Å²) in [6.45, 7) is 3.98. The van der Waals surface area contributed by atoms with Crippen molar-refractivity contribution in [1.29, 1.82) is 0 Å². The first-order chi connectivity index (χ1) is 15.9. The monoisotopic (exact) mass is 439 g/mol. The summed E-state index contributed by atoms with van der Waals surface area (Å²) in [7, 11) is 1.75. The Hall–Kier alpha value is -3.86. The van der Waals surface area contributed by atoms with Crippen molar-refractivity contribution >= 4 is 28.4 Å². The van der Waals surface area contributed by atoms with E-state index in [-0.39, 0.29) is 18.2 Å². The summed E-state index contributed by atoms with van der Waals surface area (Å²) in [5, 5.41) is 4.05. The fourth-order valence-electron chi connectivity index (χ4n) is 4.15. The Labute approximate surface area is 194 Å². The summed E-state index contributed by atoms with van der Waals surface area (Å²) >= 11 is 0. The molecular weight excluding hydrogens is 410 g/mol. The highest BCUT2D eigenvalue weighted by atomic mass is 16.2. The number of aromatic amines is 1. The van der Waals surface area contributed by atoms with Gasteiger partial charge in [0, 0.05) is 35.8 Å². The van der Waals surface area contributed by atoms with Crippen LogP contribution in [0.2, 0.25) is 0 Å². The molecule has 5 nitrogen and oxygen atoms in total. The molecule has 2 N–H and O–H groups in total. The van der Waals surface area contributed by atoms with E-state index in [9.17, 15) is 9.59 Å². The van der Waals surface area contributed by atoms with Crippen LogP contribution in [0.15, 0.2) is 78.9 Å². The van der Waals surface area contributed by atoms with Crippen LogP contribution in [0.25, 0.3) is 10.9 Å². The van der Waals surface area contributed by atoms with E-state index in [1.165, 1.54) is 0 Å². The number of fused-ring (bicyclic) bond motifs is 1. The molecule has 0 fully saturated rings. The Morgan fingerprint density at radius 1 is 0.909 bits per heavy atom. The molecule has 1 atom stereocenters. The quantitative estimate of drug-likeness (QED) is 0.438. The normalized spacial score (nSPS) is 11.8. The Morgan fingerprint density at radius 2 is 1.58 bits per heavy atom. The average Bonchev–Trinajstić information content (AvgIpc) is 3.13. The summed E-state index contributed by atoms with van der Waals surface area (Å²) in [4.78, 5) is 31.5. The van der Waals surface area contributed by atoms with Crippen LogP contribution < -0.4 is 10.2 Å². The number of carbonyl (C=O) groups is 2. The Morgan fingerprint density at radius 3 is 2.30 bits per heavy atom. The molecular formula is C28H29N3O2. The van der Waals surface area contributed by atoms with Crippen molar-refractivity contribution in [3.8, 4) is 0 Å². The minimum absolute atomic E-state index is 0.147. The molecule has 0 unspecified atom stereocenters. The predicted molar refractivity (Wildman–Crippen MR) is 133 cm³/mol. The number of para-hydroxylation sites is 1. The highest BCUT2D eigenvalue weighted by Crippen LogP contribution is 2.22. The summed E-state index contributed by atoms with van der Waals surface area (Å²) in [6.07, 6.45) is 0.636. The van der Waals surface area contributed by atoms with E-state index in [1.54, 1.807) is 11.9 Å². The van der Waals surface area contributed by atoms with Crippen LogP contribution in [0.1, 0.15) is 22.4 Å². The maximum absolute atomic E-state index is 13.5. The molecule has 0 bridgehead atoms. The predicted octanol–water partition coefficient (Wildman–Crippen LogP) is 4.72. The fourth-order valence-corrected chi connectivity index (χ4v) is 4.15. The second-order valence-electron chi connectivity index (χ2n) is 8.49. The number of benzene rings is 3. The van der Waals surface area contributed by atoms with Gasteiger partial charge in [0.1, 0.15) is 6.04 Å². The second kappa shape index (κ2) is 9.74. The minimum atomic E-state index is -0.670. The van der Waals surface area contributed by atoms with Crippen LogP contribution in [0, 0.1) is 13.8 Å². The van der Waals surface area contributed by atoms with E-state index in [2.05, 4.69) is 10.3 Å². The van der Waals surface area contributed by atoms with Crippen LogP contribution in [-0.4, -0.2) is 29.9 Å². The SMILES string of the molecule is Cc1ccc(N(C)C(=O)[C@H](Cc2ccccc2)NC(=O)Cc2c(C)[nH]c3ccccc23)cc1. The molecule has 3 aromatic carbocycles. The number of carbonyl (C=O) groups excluding carboxylic acids is 2. The lowest BCUT2D eigenvalue weighted by Gasteiger charge is -2.25. The topological polar surface area (TPSA) is 65.2 Å². The first-order valence-corrected chi connectivity index (χ1v) is 11.2. The van der Waals surface area contributed by atoms with E-state index in [0.29, 0.717) is 6.42 Å². The van der Waals surface area contributed by atoms with Crippen molar-refractivity contribution < 1.29 is 9.59 Å². The highest BCUT2D eigenvalue weighted by molar-refractivity contribution is 5.99. The molecule has 0 aliphatic heterocycles. The van der Waals surface area contributed by atoms with E-state index < -0.39 is 6.04 Å². The Bertz CT molecular complexity index is 1260. The minimum Gasteiger partial charge on any atom is -0.358 e. The van der Waals surface area contributed by atoms with Gasteiger partial charge in [0.05, 0.1) is 6.42 Å². The van der Waals surface area contributed by atoms with E-state index in [0.717, 1.165) is 39.0 Å². The number of nitrogens with zero attached hydrogens (tertiary/aromatic N) is 1. The molecule has 0 aliphatic rings. The Kier molecular flexibility index (Phi) is 6.59. The van der Waals surface area contributed by atoms with Gasteiger partial charge in [-0.05, 0) is 43.2 Å². The maximum Gasteiger partial charge on any atom is 0.249 e. The lowest BCUT2D eigenvalue weighted by Crippen LogP contribution is -2.49. The van der Waals surface area contributed by atoms with Gasteiger partial charge in [-0.25, -0.2) is 0 Å². The molecule has 1 heterocycles. The summed E-state index contributed by atoms with van der Waals surface area (Å²) in [5.41, 5.74) is 5.86. The summed E-state index contributed by atoms with van der Waals surface area (Å²) < 4.78 is 0. The van der Waals surface area contributed by atoms with E-state index in [4.69, 9.17) is 0 Å². The standard InChI is InChI=1S/C28H29N3O2/c1-19-13-15-22(16-14-19)31(3)28(33)26(17-21-9-5-4-6-10-21)30-27(32)18-24-20(2)29-25-12-8-7-11-23(24)25/h4-16,26,29H,17-18H2,1-3H3,(H,30,32)/t26-/m0/s1. The molecule has 2 amide bonds.